The molecule has 3 heteroatoms. The molecule has 0 radical (unpaired) electrons. The van der Waals surface area contributed by atoms with Crippen molar-refractivity contribution in [2.45, 2.75) is 6.54 Å². The Kier molecular flexibility index (Phi) is 3.22. The van der Waals surface area contributed by atoms with E-state index in [-0.39, 0.29) is 5.82 Å². The summed E-state index contributed by atoms with van der Waals surface area (Å²) in [6, 6.07) is 12.0. The number of benzene rings is 2. The molecule has 0 amide bonds. The molecule has 0 unspecified atom stereocenters. The van der Waals surface area contributed by atoms with Crippen LogP contribution in [0, 0.1) is 5.82 Å². The predicted octanol–water partition coefficient (Wildman–Crippen LogP) is 3.60. The molecule has 0 aliphatic heterocycles. The Bertz CT molecular complexity index is 511. The molecule has 0 aliphatic carbocycles. The Morgan fingerprint density at radius 3 is 2.50 bits per heavy atom. The smallest absolute Gasteiger partial charge is 0.131 e. The lowest BCUT2D eigenvalue weighted by molar-refractivity contribution is 0.631. The van der Waals surface area contributed by atoms with Crippen LogP contribution in [0.1, 0.15) is 5.56 Å². The summed E-state index contributed by atoms with van der Waals surface area (Å²) in [6.45, 7) is 0.385. The summed E-state index contributed by atoms with van der Waals surface area (Å²) >= 11 is 6.03. The summed E-state index contributed by atoms with van der Waals surface area (Å²) in [6.07, 6.45) is 0. The van der Waals surface area contributed by atoms with Crippen LogP contribution in [0.4, 0.5) is 4.39 Å². The van der Waals surface area contributed by atoms with Crippen molar-refractivity contribution in [3.8, 4) is 11.1 Å². The molecular formula is C13H11ClFN. The lowest BCUT2D eigenvalue weighted by Gasteiger charge is -2.06. The zero-order valence-corrected chi connectivity index (χ0v) is 9.34. The van der Waals surface area contributed by atoms with E-state index in [1.807, 2.05) is 12.1 Å². The van der Waals surface area contributed by atoms with Gasteiger partial charge in [0.2, 0.25) is 0 Å². The van der Waals surface area contributed by atoms with Crippen LogP contribution in [-0.2, 0) is 6.54 Å². The molecular weight excluding hydrogens is 225 g/mol. The van der Waals surface area contributed by atoms with E-state index in [1.54, 1.807) is 24.3 Å². The number of rotatable bonds is 2. The Morgan fingerprint density at radius 1 is 1.12 bits per heavy atom. The van der Waals surface area contributed by atoms with Gasteiger partial charge in [-0.05, 0) is 23.3 Å². The molecule has 0 fully saturated rings. The van der Waals surface area contributed by atoms with Gasteiger partial charge in [-0.15, -0.1) is 0 Å². The Balaban J connectivity index is 2.50. The number of hydrogen-bond acceptors (Lipinski definition) is 1. The van der Waals surface area contributed by atoms with Gasteiger partial charge < -0.3 is 5.73 Å². The minimum atomic E-state index is -0.251. The molecule has 2 N–H and O–H groups in total. The van der Waals surface area contributed by atoms with Gasteiger partial charge >= 0.3 is 0 Å². The molecule has 2 aromatic carbocycles. The highest BCUT2D eigenvalue weighted by molar-refractivity contribution is 6.31. The summed E-state index contributed by atoms with van der Waals surface area (Å²) in [7, 11) is 0. The summed E-state index contributed by atoms with van der Waals surface area (Å²) < 4.78 is 13.5. The highest BCUT2D eigenvalue weighted by Crippen LogP contribution is 2.27. The van der Waals surface area contributed by atoms with Gasteiger partial charge in [0.05, 0.1) is 0 Å². The lowest BCUT2D eigenvalue weighted by Crippen LogP contribution is -1.97. The normalized spacial score (nSPS) is 10.4. The van der Waals surface area contributed by atoms with Crippen molar-refractivity contribution in [2.24, 2.45) is 5.73 Å². The summed E-state index contributed by atoms with van der Waals surface area (Å²) in [5.74, 6) is -0.251. The molecule has 0 heterocycles. The molecule has 0 bridgehead atoms. The molecule has 2 rings (SSSR count). The van der Waals surface area contributed by atoms with E-state index in [2.05, 4.69) is 0 Å². The van der Waals surface area contributed by atoms with Crippen LogP contribution in [0.5, 0.6) is 0 Å². The van der Waals surface area contributed by atoms with Crippen molar-refractivity contribution in [2.75, 3.05) is 0 Å². The van der Waals surface area contributed by atoms with Crippen molar-refractivity contribution in [1.82, 2.24) is 0 Å². The third kappa shape index (κ3) is 2.08. The maximum absolute atomic E-state index is 13.5. The monoisotopic (exact) mass is 235 g/mol. The van der Waals surface area contributed by atoms with Crippen molar-refractivity contribution >= 4 is 11.6 Å². The van der Waals surface area contributed by atoms with Gasteiger partial charge in [-0.1, -0.05) is 41.9 Å². The second-order valence-corrected chi connectivity index (χ2v) is 3.90. The summed E-state index contributed by atoms with van der Waals surface area (Å²) in [5, 5.41) is 0.572. The van der Waals surface area contributed by atoms with E-state index in [1.165, 1.54) is 6.07 Å². The van der Waals surface area contributed by atoms with Gasteiger partial charge in [0, 0.05) is 17.1 Å². The van der Waals surface area contributed by atoms with Crippen molar-refractivity contribution in [3.05, 3.63) is 58.9 Å². The van der Waals surface area contributed by atoms with E-state index in [0.29, 0.717) is 17.1 Å². The summed E-state index contributed by atoms with van der Waals surface area (Å²) in [5.41, 5.74) is 7.69. The lowest BCUT2D eigenvalue weighted by atomic mass is 10.0. The average Bonchev–Trinajstić information content (AvgIpc) is 2.29. The fraction of sp³-hybridized carbons (Fsp3) is 0.0769. The van der Waals surface area contributed by atoms with Crippen LogP contribution >= 0.6 is 11.6 Å². The molecule has 82 valence electrons. The second-order valence-electron chi connectivity index (χ2n) is 3.49. The first-order valence-corrected chi connectivity index (χ1v) is 5.33. The van der Waals surface area contributed by atoms with Crippen LogP contribution in [0.2, 0.25) is 5.02 Å². The minimum Gasteiger partial charge on any atom is -0.326 e. The second kappa shape index (κ2) is 4.64. The Morgan fingerprint density at radius 2 is 1.88 bits per heavy atom. The molecule has 16 heavy (non-hydrogen) atoms. The van der Waals surface area contributed by atoms with E-state index in [0.717, 1.165) is 11.1 Å². The number of hydrogen-bond donors (Lipinski definition) is 1. The summed E-state index contributed by atoms with van der Waals surface area (Å²) in [4.78, 5) is 0. The third-order valence-electron chi connectivity index (χ3n) is 2.46. The first kappa shape index (κ1) is 11.1. The van der Waals surface area contributed by atoms with Crippen LogP contribution < -0.4 is 5.73 Å². The van der Waals surface area contributed by atoms with Crippen molar-refractivity contribution < 1.29 is 4.39 Å². The largest absolute Gasteiger partial charge is 0.326 e. The van der Waals surface area contributed by atoms with Crippen molar-refractivity contribution in [1.29, 1.82) is 0 Å². The van der Waals surface area contributed by atoms with Gasteiger partial charge in [0.1, 0.15) is 5.82 Å². The standard InChI is InChI=1S/C13H11ClFN/c14-12-7-9(5-6-10(12)8-16)11-3-1-2-4-13(11)15/h1-7H,8,16H2. The Labute approximate surface area is 98.7 Å². The molecule has 0 saturated carbocycles. The van der Waals surface area contributed by atoms with Crippen LogP contribution in [0.3, 0.4) is 0 Å². The zero-order chi connectivity index (χ0) is 11.5. The molecule has 1 nitrogen and oxygen atoms in total. The van der Waals surface area contributed by atoms with E-state index >= 15 is 0 Å². The molecule has 2 aromatic rings. The number of nitrogens with two attached hydrogens (primary N) is 1. The van der Waals surface area contributed by atoms with Crippen LogP contribution in [0.15, 0.2) is 42.5 Å². The maximum Gasteiger partial charge on any atom is 0.131 e. The average molecular weight is 236 g/mol. The van der Waals surface area contributed by atoms with Gasteiger partial charge in [-0.25, -0.2) is 4.39 Å². The fourth-order valence-corrected chi connectivity index (χ4v) is 1.83. The fourth-order valence-electron chi connectivity index (χ4n) is 1.58. The number of halogens is 2. The van der Waals surface area contributed by atoms with E-state index in [4.69, 9.17) is 17.3 Å². The van der Waals surface area contributed by atoms with Gasteiger partial charge in [0.25, 0.3) is 0 Å². The highest BCUT2D eigenvalue weighted by atomic mass is 35.5. The zero-order valence-electron chi connectivity index (χ0n) is 8.58. The van der Waals surface area contributed by atoms with Gasteiger partial charge in [-0.2, -0.15) is 0 Å². The van der Waals surface area contributed by atoms with E-state index < -0.39 is 0 Å². The van der Waals surface area contributed by atoms with Crippen molar-refractivity contribution in [3.63, 3.8) is 0 Å². The van der Waals surface area contributed by atoms with Gasteiger partial charge in [-0.3, -0.25) is 0 Å². The maximum atomic E-state index is 13.5. The highest BCUT2D eigenvalue weighted by Gasteiger charge is 2.06. The first-order chi connectivity index (χ1) is 7.72. The first-order valence-electron chi connectivity index (χ1n) is 4.96. The molecule has 0 atom stereocenters. The molecule has 0 aliphatic rings. The SMILES string of the molecule is NCc1ccc(-c2ccccc2F)cc1Cl. The Hall–Kier alpha value is -1.38. The topological polar surface area (TPSA) is 26.0 Å². The molecule has 0 aromatic heterocycles. The quantitative estimate of drug-likeness (QED) is 0.846. The van der Waals surface area contributed by atoms with E-state index in [9.17, 15) is 4.39 Å². The molecule has 0 saturated heterocycles. The minimum absolute atomic E-state index is 0.251. The van der Waals surface area contributed by atoms with Gasteiger partial charge in [0.15, 0.2) is 0 Å². The van der Waals surface area contributed by atoms with Crippen LogP contribution in [-0.4, -0.2) is 0 Å². The van der Waals surface area contributed by atoms with Crippen LogP contribution in [0.25, 0.3) is 11.1 Å². The predicted molar refractivity (Wildman–Crippen MR) is 64.7 cm³/mol. The third-order valence-corrected chi connectivity index (χ3v) is 2.81. The molecule has 0 spiro atoms.